The van der Waals surface area contributed by atoms with Crippen LogP contribution in [-0.2, 0) is 22.4 Å². The third-order valence-electron chi connectivity index (χ3n) is 3.60. The minimum atomic E-state index is -1.03. The molecule has 0 saturated heterocycles. The number of rotatable bonds is 9. The fourth-order valence-electron chi connectivity index (χ4n) is 2.31. The summed E-state index contributed by atoms with van der Waals surface area (Å²) in [6, 6.07) is 11.4. The Kier molecular flexibility index (Phi) is 6.96. The van der Waals surface area contributed by atoms with E-state index in [1.165, 1.54) is 19.2 Å². The Labute approximate surface area is 150 Å². The lowest BCUT2D eigenvalue weighted by atomic mass is 10.1. The monoisotopic (exact) mass is 361 g/mol. The van der Waals surface area contributed by atoms with Crippen molar-refractivity contribution >= 4 is 11.9 Å². The molecule has 2 aromatic rings. The summed E-state index contributed by atoms with van der Waals surface area (Å²) in [6.45, 7) is 0.0498. The lowest BCUT2D eigenvalue weighted by Crippen LogP contribution is -2.27. The number of carboxylic acid groups (broad SMARTS) is 1. The molecule has 0 bridgehead atoms. The van der Waals surface area contributed by atoms with Crippen LogP contribution in [0.5, 0.6) is 11.5 Å². The summed E-state index contributed by atoms with van der Waals surface area (Å²) >= 11 is 0. The van der Waals surface area contributed by atoms with Crippen molar-refractivity contribution < 1.29 is 28.6 Å². The van der Waals surface area contributed by atoms with Crippen LogP contribution in [0.2, 0.25) is 0 Å². The van der Waals surface area contributed by atoms with Gasteiger partial charge in [-0.3, -0.25) is 4.79 Å². The molecule has 0 atom stereocenters. The van der Waals surface area contributed by atoms with Crippen LogP contribution in [0.4, 0.5) is 4.39 Å². The molecule has 0 aliphatic carbocycles. The van der Waals surface area contributed by atoms with E-state index in [-0.39, 0.29) is 24.7 Å². The largest absolute Gasteiger partial charge is 0.494 e. The Hall–Kier alpha value is -3.09. The minimum absolute atomic E-state index is 0.0862. The summed E-state index contributed by atoms with van der Waals surface area (Å²) in [6.07, 6.45) is 0.699. The van der Waals surface area contributed by atoms with Gasteiger partial charge in [-0.05, 0) is 41.8 Å². The lowest BCUT2D eigenvalue weighted by Gasteiger charge is -2.08. The number of carboxylic acids is 1. The zero-order valence-corrected chi connectivity index (χ0v) is 14.3. The Bertz CT molecular complexity index is 761. The predicted octanol–water partition coefficient (Wildman–Crippen LogP) is 2.20. The van der Waals surface area contributed by atoms with E-state index in [4.69, 9.17) is 14.6 Å². The van der Waals surface area contributed by atoms with Crippen LogP contribution < -0.4 is 14.8 Å². The molecule has 6 nitrogen and oxygen atoms in total. The summed E-state index contributed by atoms with van der Waals surface area (Å²) in [4.78, 5) is 22.4. The van der Waals surface area contributed by atoms with E-state index in [0.29, 0.717) is 24.3 Å². The number of benzene rings is 2. The smallest absolute Gasteiger partial charge is 0.341 e. The van der Waals surface area contributed by atoms with Crippen LogP contribution in [0, 0.1) is 5.82 Å². The highest BCUT2D eigenvalue weighted by Gasteiger charge is 2.07. The molecule has 0 aliphatic rings. The summed E-state index contributed by atoms with van der Waals surface area (Å²) in [5.74, 6) is -1.11. The van der Waals surface area contributed by atoms with Gasteiger partial charge in [0.15, 0.2) is 18.2 Å². The fourth-order valence-corrected chi connectivity index (χ4v) is 2.31. The van der Waals surface area contributed by atoms with Gasteiger partial charge in [-0.15, -0.1) is 0 Å². The number of aliphatic carboxylic acids is 1. The molecule has 2 rings (SSSR count). The number of carbonyl (C=O) groups excluding carboxylic acids is 1. The summed E-state index contributed by atoms with van der Waals surface area (Å²) in [5, 5.41) is 11.3. The molecular formula is C19H20FNO5. The Balaban J connectivity index is 1.75. The fraction of sp³-hybridized carbons (Fsp3) is 0.263. The molecule has 1 amide bonds. The topological polar surface area (TPSA) is 84.9 Å². The van der Waals surface area contributed by atoms with Crippen molar-refractivity contribution in [3.05, 3.63) is 59.4 Å². The van der Waals surface area contributed by atoms with Gasteiger partial charge in [-0.25, -0.2) is 9.18 Å². The quantitative estimate of drug-likeness (QED) is 0.715. The summed E-state index contributed by atoms with van der Waals surface area (Å²) in [5.41, 5.74) is 1.55. The number of amides is 1. The molecule has 0 spiro atoms. The number of nitrogens with one attached hydrogen (secondary N) is 1. The van der Waals surface area contributed by atoms with E-state index in [1.807, 2.05) is 12.1 Å². The highest BCUT2D eigenvalue weighted by atomic mass is 19.1. The second kappa shape index (κ2) is 9.41. The molecule has 2 aromatic carbocycles. The summed E-state index contributed by atoms with van der Waals surface area (Å²) < 4.78 is 23.5. The van der Waals surface area contributed by atoms with Gasteiger partial charge in [0.05, 0.1) is 13.5 Å². The number of ether oxygens (including phenoxy) is 2. The zero-order chi connectivity index (χ0) is 18.9. The first-order valence-corrected chi connectivity index (χ1v) is 8.00. The number of hydrogen-bond acceptors (Lipinski definition) is 4. The Morgan fingerprint density at radius 2 is 1.81 bits per heavy atom. The normalized spacial score (nSPS) is 10.2. The number of carbonyl (C=O) groups is 2. The van der Waals surface area contributed by atoms with Crippen LogP contribution >= 0.6 is 0 Å². The van der Waals surface area contributed by atoms with E-state index >= 15 is 0 Å². The predicted molar refractivity (Wildman–Crippen MR) is 92.9 cm³/mol. The van der Waals surface area contributed by atoms with Crippen molar-refractivity contribution in [3.8, 4) is 11.5 Å². The zero-order valence-electron chi connectivity index (χ0n) is 14.3. The van der Waals surface area contributed by atoms with Gasteiger partial charge in [0, 0.05) is 6.54 Å². The molecule has 138 valence electrons. The standard InChI is InChI=1S/C19H20FNO5/c1-25-17-7-4-14(10-16(17)20)11-18(22)21-9-8-13-2-5-15(6-3-13)26-12-19(23)24/h2-7,10H,8-9,11-12H2,1H3,(H,21,22)(H,23,24). The van der Waals surface area contributed by atoms with Gasteiger partial charge < -0.3 is 19.9 Å². The van der Waals surface area contributed by atoms with Gasteiger partial charge >= 0.3 is 5.97 Å². The first kappa shape index (κ1) is 19.2. The molecule has 0 aromatic heterocycles. The van der Waals surface area contributed by atoms with Gasteiger partial charge in [-0.2, -0.15) is 0 Å². The van der Waals surface area contributed by atoms with Crippen LogP contribution in [0.3, 0.4) is 0 Å². The van der Waals surface area contributed by atoms with E-state index in [9.17, 15) is 14.0 Å². The van der Waals surface area contributed by atoms with Crippen molar-refractivity contribution in [1.29, 1.82) is 0 Å². The minimum Gasteiger partial charge on any atom is -0.494 e. The summed E-state index contributed by atoms with van der Waals surface area (Å²) in [7, 11) is 1.38. The van der Waals surface area contributed by atoms with Crippen LogP contribution in [0.1, 0.15) is 11.1 Å². The molecule has 26 heavy (non-hydrogen) atoms. The average Bonchev–Trinajstić information content (AvgIpc) is 2.61. The van der Waals surface area contributed by atoms with E-state index < -0.39 is 11.8 Å². The third-order valence-corrected chi connectivity index (χ3v) is 3.60. The maximum absolute atomic E-state index is 13.6. The molecule has 0 heterocycles. The van der Waals surface area contributed by atoms with E-state index in [1.54, 1.807) is 18.2 Å². The Morgan fingerprint density at radius 3 is 2.42 bits per heavy atom. The molecule has 0 saturated carbocycles. The maximum Gasteiger partial charge on any atom is 0.341 e. The molecule has 2 N–H and O–H groups in total. The van der Waals surface area contributed by atoms with E-state index in [2.05, 4.69) is 5.32 Å². The molecule has 7 heteroatoms. The average molecular weight is 361 g/mol. The highest BCUT2D eigenvalue weighted by Crippen LogP contribution is 2.18. The van der Waals surface area contributed by atoms with Gasteiger partial charge in [0.1, 0.15) is 5.75 Å². The molecule has 0 unspecified atom stereocenters. The van der Waals surface area contributed by atoms with Gasteiger partial charge in [-0.1, -0.05) is 18.2 Å². The van der Waals surface area contributed by atoms with Crippen molar-refractivity contribution in [2.75, 3.05) is 20.3 Å². The Morgan fingerprint density at radius 1 is 1.12 bits per heavy atom. The molecular weight excluding hydrogens is 341 g/mol. The van der Waals surface area contributed by atoms with Crippen molar-refractivity contribution in [1.82, 2.24) is 5.32 Å². The van der Waals surface area contributed by atoms with Gasteiger partial charge in [0.2, 0.25) is 5.91 Å². The first-order valence-electron chi connectivity index (χ1n) is 8.00. The van der Waals surface area contributed by atoms with Gasteiger partial charge in [0.25, 0.3) is 0 Å². The van der Waals surface area contributed by atoms with E-state index in [0.717, 1.165) is 5.56 Å². The number of methoxy groups -OCH3 is 1. The number of hydrogen-bond donors (Lipinski definition) is 2. The van der Waals surface area contributed by atoms with Crippen LogP contribution in [-0.4, -0.2) is 37.2 Å². The second-order valence-electron chi connectivity index (χ2n) is 5.57. The van der Waals surface area contributed by atoms with Crippen LogP contribution in [0.25, 0.3) is 0 Å². The maximum atomic E-state index is 13.6. The molecule has 0 aliphatic heterocycles. The third kappa shape index (κ3) is 6.08. The highest BCUT2D eigenvalue weighted by molar-refractivity contribution is 5.78. The molecule has 0 fully saturated rings. The van der Waals surface area contributed by atoms with Crippen molar-refractivity contribution in [2.45, 2.75) is 12.8 Å². The first-order chi connectivity index (χ1) is 12.5. The SMILES string of the molecule is COc1ccc(CC(=O)NCCc2ccc(OCC(=O)O)cc2)cc1F. The second-order valence-corrected chi connectivity index (χ2v) is 5.57. The van der Waals surface area contributed by atoms with Crippen molar-refractivity contribution in [3.63, 3.8) is 0 Å². The lowest BCUT2D eigenvalue weighted by molar-refractivity contribution is -0.139. The number of halogens is 1. The van der Waals surface area contributed by atoms with Crippen LogP contribution in [0.15, 0.2) is 42.5 Å². The molecule has 0 radical (unpaired) electrons. The van der Waals surface area contributed by atoms with Crippen molar-refractivity contribution in [2.24, 2.45) is 0 Å².